The van der Waals surface area contributed by atoms with E-state index in [2.05, 4.69) is 11.9 Å². The monoisotopic (exact) mass is 206 g/mol. The van der Waals surface area contributed by atoms with Crippen molar-refractivity contribution in [2.24, 2.45) is 11.7 Å². The minimum absolute atomic E-state index is 0.164. The number of pyridine rings is 1. The van der Waals surface area contributed by atoms with Gasteiger partial charge >= 0.3 is 0 Å². The number of nitrogens with zero attached hydrogens (tertiary/aromatic N) is 1. The largest absolute Gasteiger partial charge is 0.378 e. The first kappa shape index (κ1) is 10.6. The Morgan fingerprint density at radius 1 is 1.60 bits per heavy atom. The van der Waals surface area contributed by atoms with Gasteiger partial charge in [0, 0.05) is 36.9 Å². The van der Waals surface area contributed by atoms with E-state index in [0.717, 1.165) is 25.1 Å². The predicted molar refractivity (Wildman–Crippen MR) is 59.4 cm³/mol. The third-order valence-corrected chi connectivity index (χ3v) is 3.16. The molecule has 1 fully saturated rings. The van der Waals surface area contributed by atoms with Crippen molar-refractivity contribution in [2.45, 2.75) is 31.9 Å². The van der Waals surface area contributed by atoms with Crippen molar-refractivity contribution in [2.75, 3.05) is 6.61 Å². The molecule has 2 heterocycles. The lowest BCUT2D eigenvalue weighted by Crippen LogP contribution is -2.36. The second-order valence-electron chi connectivity index (χ2n) is 4.22. The van der Waals surface area contributed by atoms with E-state index in [1.165, 1.54) is 0 Å². The molecule has 1 aliphatic rings. The number of hydrogen-bond donors (Lipinski definition) is 1. The first-order valence-corrected chi connectivity index (χ1v) is 5.54. The Bertz CT molecular complexity index is 302. The molecule has 1 aromatic heterocycles. The number of ether oxygens (including phenoxy) is 1. The summed E-state index contributed by atoms with van der Waals surface area (Å²) in [5.74, 6) is 0.479. The number of rotatable bonds is 3. The van der Waals surface area contributed by atoms with Gasteiger partial charge in [-0.3, -0.25) is 4.98 Å². The molecule has 0 bridgehead atoms. The fourth-order valence-electron chi connectivity index (χ4n) is 2.22. The van der Waals surface area contributed by atoms with Crippen LogP contribution in [0, 0.1) is 5.92 Å². The molecular formula is C12H18N2O. The van der Waals surface area contributed by atoms with E-state index in [1.807, 2.05) is 24.4 Å². The molecule has 0 amide bonds. The molecule has 0 radical (unpaired) electrons. The van der Waals surface area contributed by atoms with Gasteiger partial charge in [-0.2, -0.15) is 0 Å². The summed E-state index contributed by atoms with van der Waals surface area (Å²) in [6.07, 6.45) is 4.04. The lowest BCUT2D eigenvalue weighted by Gasteiger charge is -2.21. The molecule has 0 spiro atoms. The fourth-order valence-corrected chi connectivity index (χ4v) is 2.22. The molecular weight excluding hydrogens is 188 g/mol. The highest BCUT2D eigenvalue weighted by atomic mass is 16.5. The van der Waals surface area contributed by atoms with Crippen LogP contribution in [0.5, 0.6) is 0 Å². The lowest BCUT2D eigenvalue weighted by molar-refractivity contribution is 0.0994. The van der Waals surface area contributed by atoms with Crippen molar-refractivity contribution in [3.05, 3.63) is 30.1 Å². The molecule has 3 atom stereocenters. The maximum Gasteiger partial charge on any atom is 0.0590 e. The van der Waals surface area contributed by atoms with Crippen LogP contribution >= 0.6 is 0 Å². The first-order valence-electron chi connectivity index (χ1n) is 5.54. The Morgan fingerprint density at radius 2 is 2.47 bits per heavy atom. The highest BCUT2D eigenvalue weighted by Gasteiger charge is 2.29. The van der Waals surface area contributed by atoms with Crippen molar-refractivity contribution in [1.29, 1.82) is 0 Å². The zero-order chi connectivity index (χ0) is 10.7. The van der Waals surface area contributed by atoms with E-state index in [1.54, 1.807) is 0 Å². The Balaban J connectivity index is 1.94. The molecule has 0 aliphatic carbocycles. The average Bonchev–Trinajstić information content (AvgIpc) is 2.66. The third kappa shape index (κ3) is 2.55. The highest BCUT2D eigenvalue weighted by Crippen LogP contribution is 2.24. The predicted octanol–water partition coefficient (Wildman–Crippen LogP) is 1.38. The summed E-state index contributed by atoms with van der Waals surface area (Å²) in [4.78, 5) is 4.29. The highest BCUT2D eigenvalue weighted by molar-refractivity contribution is 5.06. The van der Waals surface area contributed by atoms with Crippen molar-refractivity contribution < 1.29 is 4.74 Å². The van der Waals surface area contributed by atoms with Gasteiger partial charge in [0.15, 0.2) is 0 Å². The van der Waals surface area contributed by atoms with Crippen molar-refractivity contribution in [3.63, 3.8) is 0 Å². The molecule has 3 heteroatoms. The van der Waals surface area contributed by atoms with Gasteiger partial charge in [-0.1, -0.05) is 6.07 Å². The Labute approximate surface area is 90.7 Å². The zero-order valence-electron chi connectivity index (χ0n) is 9.10. The maximum absolute atomic E-state index is 6.18. The topological polar surface area (TPSA) is 48.1 Å². The lowest BCUT2D eigenvalue weighted by atomic mass is 9.91. The van der Waals surface area contributed by atoms with E-state index in [9.17, 15) is 0 Å². The molecule has 2 rings (SSSR count). The van der Waals surface area contributed by atoms with Crippen molar-refractivity contribution in [3.8, 4) is 0 Å². The van der Waals surface area contributed by atoms with E-state index < -0.39 is 0 Å². The average molecular weight is 206 g/mol. The summed E-state index contributed by atoms with van der Waals surface area (Å²) in [6, 6.07) is 6.12. The van der Waals surface area contributed by atoms with Gasteiger partial charge in [-0.15, -0.1) is 0 Å². The molecule has 0 saturated carbocycles. The van der Waals surface area contributed by atoms with Crippen LogP contribution in [0.1, 0.15) is 19.0 Å². The number of aromatic nitrogens is 1. The molecule has 2 N–H and O–H groups in total. The van der Waals surface area contributed by atoms with Crippen LogP contribution in [0.2, 0.25) is 0 Å². The van der Waals surface area contributed by atoms with Crippen molar-refractivity contribution >= 4 is 0 Å². The maximum atomic E-state index is 6.18. The molecule has 3 nitrogen and oxygen atoms in total. The summed E-state index contributed by atoms with van der Waals surface area (Å²) in [7, 11) is 0. The summed E-state index contributed by atoms with van der Waals surface area (Å²) < 4.78 is 5.52. The number of nitrogens with two attached hydrogens (primary N) is 1. The summed E-state index contributed by atoms with van der Waals surface area (Å²) >= 11 is 0. The molecule has 0 aromatic carbocycles. The Hall–Kier alpha value is -0.930. The second-order valence-corrected chi connectivity index (χ2v) is 4.22. The van der Waals surface area contributed by atoms with E-state index in [0.29, 0.717) is 12.0 Å². The van der Waals surface area contributed by atoms with Gasteiger partial charge in [0.05, 0.1) is 6.10 Å². The quantitative estimate of drug-likeness (QED) is 0.812. The smallest absolute Gasteiger partial charge is 0.0590 e. The molecule has 15 heavy (non-hydrogen) atoms. The fraction of sp³-hybridized carbons (Fsp3) is 0.583. The summed E-state index contributed by atoms with van der Waals surface area (Å²) in [5, 5.41) is 0. The van der Waals surface area contributed by atoms with Crippen LogP contribution in [0.3, 0.4) is 0 Å². The Morgan fingerprint density at radius 3 is 3.07 bits per heavy atom. The van der Waals surface area contributed by atoms with E-state index in [-0.39, 0.29) is 6.04 Å². The van der Waals surface area contributed by atoms with Gasteiger partial charge in [0.2, 0.25) is 0 Å². The second kappa shape index (κ2) is 4.73. The number of hydrogen-bond acceptors (Lipinski definition) is 3. The van der Waals surface area contributed by atoms with Crippen LogP contribution in [0.15, 0.2) is 24.4 Å². The zero-order valence-corrected chi connectivity index (χ0v) is 9.10. The molecule has 82 valence electrons. The standard InChI is InChI=1S/C12H18N2O/c1-9-11(5-7-15-9)12(13)8-10-4-2-3-6-14-10/h2-4,6,9,11-12H,5,7-8,13H2,1H3. The van der Waals surface area contributed by atoms with Crippen LogP contribution in [-0.2, 0) is 11.2 Å². The van der Waals surface area contributed by atoms with Crippen LogP contribution < -0.4 is 5.73 Å². The van der Waals surface area contributed by atoms with Gasteiger partial charge in [-0.05, 0) is 25.5 Å². The minimum Gasteiger partial charge on any atom is -0.378 e. The van der Waals surface area contributed by atoms with Crippen molar-refractivity contribution in [1.82, 2.24) is 4.98 Å². The molecule has 3 unspecified atom stereocenters. The van der Waals surface area contributed by atoms with Gasteiger partial charge < -0.3 is 10.5 Å². The van der Waals surface area contributed by atoms with E-state index in [4.69, 9.17) is 10.5 Å². The SMILES string of the molecule is CC1OCCC1C(N)Cc1ccccn1. The normalized spacial score (nSPS) is 27.9. The molecule has 1 aromatic rings. The molecule has 1 saturated heterocycles. The van der Waals surface area contributed by atoms with Crippen LogP contribution in [0.4, 0.5) is 0 Å². The van der Waals surface area contributed by atoms with Crippen LogP contribution in [-0.4, -0.2) is 23.7 Å². The van der Waals surface area contributed by atoms with Gasteiger partial charge in [0.25, 0.3) is 0 Å². The van der Waals surface area contributed by atoms with Crippen LogP contribution in [0.25, 0.3) is 0 Å². The van der Waals surface area contributed by atoms with Gasteiger partial charge in [0.1, 0.15) is 0 Å². The summed E-state index contributed by atoms with van der Waals surface area (Å²) in [6.45, 7) is 2.96. The van der Waals surface area contributed by atoms with Gasteiger partial charge in [-0.25, -0.2) is 0 Å². The first-order chi connectivity index (χ1) is 7.27. The third-order valence-electron chi connectivity index (χ3n) is 3.16. The Kier molecular flexibility index (Phi) is 3.34. The molecule has 1 aliphatic heterocycles. The summed E-state index contributed by atoms with van der Waals surface area (Å²) in [5.41, 5.74) is 7.25. The van der Waals surface area contributed by atoms with E-state index >= 15 is 0 Å². The minimum atomic E-state index is 0.164.